The highest BCUT2D eigenvalue weighted by molar-refractivity contribution is 5.84. The molecular weight excluding hydrogens is 254 g/mol. The van der Waals surface area contributed by atoms with E-state index in [0.29, 0.717) is 5.41 Å². The van der Waals surface area contributed by atoms with Gasteiger partial charge in [-0.1, -0.05) is 33.1 Å². The van der Waals surface area contributed by atoms with Crippen LogP contribution in [0.5, 0.6) is 0 Å². The number of carbonyl (C=O) groups excluding carboxylic acids is 1. The zero-order valence-corrected chi connectivity index (χ0v) is 12.7. The molecule has 4 nitrogen and oxygen atoms in total. The second kappa shape index (κ2) is 6.15. The SMILES string of the molecule is CC(C(=O)O)C(C)C(=O)N1CCC2(CCCCC2)CC1. The Balaban J connectivity index is 1.89. The average molecular weight is 281 g/mol. The zero-order chi connectivity index (χ0) is 14.8. The maximum Gasteiger partial charge on any atom is 0.307 e. The van der Waals surface area contributed by atoms with Gasteiger partial charge in [0.1, 0.15) is 0 Å². The minimum Gasteiger partial charge on any atom is -0.481 e. The quantitative estimate of drug-likeness (QED) is 0.865. The zero-order valence-electron chi connectivity index (χ0n) is 12.7. The van der Waals surface area contributed by atoms with Gasteiger partial charge in [0, 0.05) is 19.0 Å². The van der Waals surface area contributed by atoms with Gasteiger partial charge in [-0.2, -0.15) is 0 Å². The first-order valence-corrected chi connectivity index (χ1v) is 7.97. The van der Waals surface area contributed by atoms with Gasteiger partial charge in [-0.25, -0.2) is 0 Å². The van der Waals surface area contributed by atoms with Gasteiger partial charge in [0.25, 0.3) is 0 Å². The molecule has 1 spiro atoms. The molecule has 4 heteroatoms. The Morgan fingerprint density at radius 1 is 0.950 bits per heavy atom. The summed E-state index contributed by atoms with van der Waals surface area (Å²) in [5, 5.41) is 9.03. The number of amides is 1. The van der Waals surface area contributed by atoms with E-state index >= 15 is 0 Å². The fourth-order valence-electron chi connectivity index (χ4n) is 3.72. The Bertz CT molecular complexity index is 364. The van der Waals surface area contributed by atoms with E-state index < -0.39 is 17.8 Å². The molecule has 2 rings (SSSR count). The van der Waals surface area contributed by atoms with Crippen LogP contribution in [0, 0.1) is 17.3 Å². The molecule has 0 bridgehead atoms. The lowest BCUT2D eigenvalue weighted by Crippen LogP contribution is -2.47. The highest BCUT2D eigenvalue weighted by atomic mass is 16.4. The number of likely N-dealkylation sites (tertiary alicyclic amines) is 1. The van der Waals surface area contributed by atoms with E-state index in [9.17, 15) is 9.59 Å². The summed E-state index contributed by atoms with van der Waals surface area (Å²) in [6, 6.07) is 0. The van der Waals surface area contributed by atoms with Gasteiger partial charge in [0.05, 0.1) is 5.92 Å². The summed E-state index contributed by atoms with van der Waals surface area (Å²) < 4.78 is 0. The summed E-state index contributed by atoms with van der Waals surface area (Å²) in [6.45, 7) is 4.99. The minimum absolute atomic E-state index is 0.0190. The number of hydrogen-bond donors (Lipinski definition) is 1. The molecule has 2 aliphatic rings. The van der Waals surface area contributed by atoms with E-state index in [-0.39, 0.29) is 5.91 Å². The molecule has 20 heavy (non-hydrogen) atoms. The van der Waals surface area contributed by atoms with Crippen molar-refractivity contribution in [3.63, 3.8) is 0 Å². The van der Waals surface area contributed by atoms with Gasteiger partial charge in [0.2, 0.25) is 5.91 Å². The minimum atomic E-state index is -0.883. The molecule has 1 amide bonds. The van der Waals surface area contributed by atoms with Gasteiger partial charge in [-0.3, -0.25) is 9.59 Å². The second-order valence-electron chi connectivity index (χ2n) is 6.80. The van der Waals surface area contributed by atoms with Crippen LogP contribution in [0.2, 0.25) is 0 Å². The van der Waals surface area contributed by atoms with Gasteiger partial charge in [0.15, 0.2) is 0 Å². The van der Waals surface area contributed by atoms with E-state index in [4.69, 9.17) is 5.11 Å². The summed E-state index contributed by atoms with van der Waals surface area (Å²) in [5.41, 5.74) is 0.483. The number of carbonyl (C=O) groups is 2. The number of hydrogen-bond acceptors (Lipinski definition) is 2. The molecule has 1 heterocycles. The lowest BCUT2D eigenvalue weighted by molar-refractivity contribution is -0.150. The summed E-state index contributed by atoms with van der Waals surface area (Å²) in [5.74, 6) is -1.89. The number of aliphatic carboxylic acids is 1. The molecule has 1 N–H and O–H groups in total. The van der Waals surface area contributed by atoms with Crippen molar-refractivity contribution in [3.8, 4) is 0 Å². The van der Waals surface area contributed by atoms with E-state index in [0.717, 1.165) is 25.9 Å². The van der Waals surface area contributed by atoms with Crippen LogP contribution >= 0.6 is 0 Å². The molecule has 2 fully saturated rings. The molecule has 0 aromatic rings. The van der Waals surface area contributed by atoms with Crippen LogP contribution in [0.1, 0.15) is 58.8 Å². The number of piperidine rings is 1. The predicted octanol–water partition coefficient (Wildman–Crippen LogP) is 2.92. The third-order valence-corrected chi connectivity index (χ3v) is 5.58. The highest BCUT2D eigenvalue weighted by Crippen LogP contribution is 2.44. The van der Waals surface area contributed by atoms with Crippen LogP contribution in [-0.4, -0.2) is 35.0 Å². The van der Waals surface area contributed by atoms with Crippen LogP contribution in [0.3, 0.4) is 0 Å². The van der Waals surface area contributed by atoms with Crippen molar-refractivity contribution in [2.24, 2.45) is 17.3 Å². The molecule has 1 saturated carbocycles. The Labute approximate surface area is 121 Å². The molecule has 0 radical (unpaired) electrons. The average Bonchev–Trinajstić information content (AvgIpc) is 2.46. The number of carboxylic acids is 1. The van der Waals surface area contributed by atoms with Gasteiger partial charge >= 0.3 is 5.97 Å². The van der Waals surface area contributed by atoms with Crippen molar-refractivity contribution in [2.75, 3.05) is 13.1 Å². The summed E-state index contributed by atoms with van der Waals surface area (Å²) >= 11 is 0. The van der Waals surface area contributed by atoms with E-state index in [1.807, 2.05) is 4.90 Å². The molecule has 1 saturated heterocycles. The highest BCUT2D eigenvalue weighted by Gasteiger charge is 2.38. The first-order chi connectivity index (χ1) is 9.45. The third-order valence-electron chi connectivity index (χ3n) is 5.58. The van der Waals surface area contributed by atoms with Crippen molar-refractivity contribution < 1.29 is 14.7 Å². The largest absolute Gasteiger partial charge is 0.481 e. The monoisotopic (exact) mass is 281 g/mol. The van der Waals surface area contributed by atoms with Crippen LogP contribution < -0.4 is 0 Å². The Morgan fingerprint density at radius 3 is 2.00 bits per heavy atom. The van der Waals surface area contributed by atoms with Crippen molar-refractivity contribution in [1.82, 2.24) is 4.90 Å². The Morgan fingerprint density at radius 2 is 1.50 bits per heavy atom. The van der Waals surface area contributed by atoms with Gasteiger partial charge in [-0.15, -0.1) is 0 Å². The molecule has 0 aromatic carbocycles. The van der Waals surface area contributed by atoms with Crippen LogP contribution in [-0.2, 0) is 9.59 Å². The topological polar surface area (TPSA) is 57.6 Å². The van der Waals surface area contributed by atoms with Crippen molar-refractivity contribution >= 4 is 11.9 Å². The molecule has 1 aliphatic carbocycles. The van der Waals surface area contributed by atoms with Gasteiger partial charge < -0.3 is 10.0 Å². The van der Waals surface area contributed by atoms with Crippen LogP contribution in [0.15, 0.2) is 0 Å². The van der Waals surface area contributed by atoms with Crippen molar-refractivity contribution in [1.29, 1.82) is 0 Å². The molecule has 0 aromatic heterocycles. The lowest BCUT2D eigenvalue weighted by atomic mass is 9.68. The molecule has 2 unspecified atom stereocenters. The van der Waals surface area contributed by atoms with Crippen molar-refractivity contribution in [3.05, 3.63) is 0 Å². The number of rotatable bonds is 3. The summed E-state index contributed by atoms with van der Waals surface area (Å²) in [6.07, 6.45) is 8.87. The van der Waals surface area contributed by atoms with Crippen LogP contribution in [0.4, 0.5) is 0 Å². The molecule has 114 valence electrons. The smallest absolute Gasteiger partial charge is 0.307 e. The number of nitrogens with zero attached hydrogens (tertiary/aromatic N) is 1. The lowest BCUT2D eigenvalue weighted by Gasteiger charge is -2.45. The maximum absolute atomic E-state index is 12.4. The Hall–Kier alpha value is -1.06. The van der Waals surface area contributed by atoms with E-state index in [1.165, 1.54) is 32.1 Å². The summed E-state index contributed by atoms with van der Waals surface area (Å²) in [7, 11) is 0. The molecule has 1 aliphatic heterocycles. The predicted molar refractivity (Wildman–Crippen MR) is 77.3 cm³/mol. The second-order valence-corrected chi connectivity index (χ2v) is 6.80. The normalized spacial score (nSPS) is 25.2. The number of carboxylic acid groups (broad SMARTS) is 1. The standard InChI is InChI=1S/C16H27NO3/c1-12(13(2)15(19)20)14(18)17-10-8-16(9-11-17)6-4-3-5-7-16/h12-13H,3-11H2,1-2H3,(H,19,20). The molecule has 2 atom stereocenters. The first-order valence-electron chi connectivity index (χ1n) is 7.97. The molecular formula is C16H27NO3. The third kappa shape index (κ3) is 3.15. The maximum atomic E-state index is 12.4. The van der Waals surface area contributed by atoms with Crippen LogP contribution in [0.25, 0.3) is 0 Å². The van der Waals surface area contributed by atoms with Crippen molar-refractivity contribution in [2.45, 2.75) is 58.8 Å². The fraction of sp³-hybridized carbons (Fsp3) is 0.875. The van der Waals surface area contributed by atoms with E-state index in [1.54, 1.807) is 13.8 Å². The Kier molecular flexibility index (Phi) is 4.71. The van der Waals surface area contributed by atoms with Gasteiger partial charge in [-0.05, 0) is 31.1 Å². The van der Waals surface area contributed by atoms with E-state index in [2.05, 4.69) is 0 Å². The summed E-state index contributed by atoms with van der Waals surface area (Å²) in [4.78, 5) is 25.3. The first kappa shape index (κ1) is 15.3. The fourth-order valence-corrected chi connectivity index (χ4v) is 3.72.